The molecule has 106 valence electrons. The normalized spacial score (nSPS) is 18.7. The first-order valence-corrected chi connectivity index (χ1v) is 6.44. The standard InChI is InChI=1S/C14H16N2O4/c17-12-6-5-11(13(18)16-12)15-8-7-9-3-1-2-4-10(9)14(19)20/h1-4,11,15H,5-8H2,(H,19,20)(H,16,17,18)/p-1. The van der Waals surface area contributed by atoms with Gasteiger partial charge in [0.1, 0.15) is 0 Å². The highest BCUT2D eigenvalue weighted by atomic mass is 16.4. The van der Waals surface area contributed by atoms with Crippen LogP contribution in [0.15, 0.2) is 24.3 Å². The summed E-state index contributed by atoms with van der Waals surface area (Å²) in [7, 11) is 0. The van der Waals surface area contributed by atoms with Gasteiger partial charge in [0.05, 0.1) is 12.0 Å². The number of carboxylic acid groups (broad SMARTS) is 1. The maximum Gasteiger partial charge on any atom is 0.243 e. The van der Waals surface area contributed by atoms with E-state index in [0.29, 0.717) is 31.4 Å². The van der Waals surface area contributed by atoms with Gasteiger partial charge in [-0.3, -0.25) is 14.9 Å². The van der Waals surface area contributed by atoms with Crippen molar-refractivity contribution in [2.45, 2.75) is 25.3 Å². The van der Waals surface area contributed by atoms with Crippen LogP contribution < -0.4 is 15.7 Å². The molecule has 0 aromatic heterocycles. The summed E-state index contributed by atoms with van der Waals surface area (Å²) in [5.74, 6) is -1.79. The minimum Gasteiger partial charge on any atom is -0.545 e. The molecule has 2 amide bonds. The molecule has 1 saturated heterocycles. The van der Waals surface area contributed by atoms with Crippen LogP contribution in [-0.4, -0.2) is 30.4 Å². The maximum atomic E-state index is 11.5. The fraction of sp³-hybridized carbons (Fsp3) is 0.357. The molecule has 6 nitrogen and oxygen atoms in total. The molecule has 0 saturated carbocycles. The highest BCUT2D eigenvalue weighted by molar-refractivity contribution is 6.00. The van der Waals surface area contributed by atoms with E-state index in [-0.39, 0.29) is 17.4 Å². The van der Waals surface area contributed by atoms with Gasteiger partial charge in [0.2, 0.25) is 11.8 Å². The van der Waals surface area contributed by atoms with Crippen molar-refractivity contribution in [3.05, 3.63) is 35.4 Å². The number of benzene rings is 1. The number of hydrogen-bond donors (Lipinski definition) is 2. The zero-order chi connectivity index (χ0) is 14.5. The smallest absolute Gasteiger partial charge is 0.243 e. The van der Waals surface area contributed by atoms with E-state index in [4.69, 9.17) is 0 Å². The average Bonchev–Trinajstić information content (AvgIpc) is 2.41. The van der Waals surface area contributed by atoms with Gasteiger partial charge in [-0.2, -0.15) is 0 Å². The lowest BCUT2D eigenvalue weighted by molar-refractivity contribution is -0.255. The number of amides is 2. The molecule has 20 heavy (non-hydrogen) atoms. The van der Waals surface area contributed by atoms with Crippen molar-refractivity contribution < 1.29 is 19.5 Å². The minimum absolute atomic E-state index is 0.164. The zero-order valence-corrected chi connectivity index (χ0v) is 10.8. The topological polar surface area (TPSA) is 98.3 Å². The Bertz CT molecular complexity index is 542. The number of piperidine rings is 1. The van der Waals surface area contributed by atoms with Gasteiger partial charge in [-0.1, -0.05) is 24.3 Å². The second-order valence-corrected chi connectivity index (χ2v) is 4.65. The Morgan fingerprint density at radius 3 is 2.80 bits per heavy atom. The molecule has 1 unspecified atom stereocenters. The molecule has 0 radical (unpaired) electrons. The lowest BCUT2D eigenvalue weighted by Gasteiger charge is -2.22. The molecule has 1 aliphatic heterocycles. The summed E-state index contributed by atoms with van der Waals surface area (Å²) >= 11 is 0. The average molecular weight is 275 g/mol. The highest BCUT2D eigenvalue weighted by Gasteiger charge is 2.25. The third-order valence-electron chi connectivity index (χ3n) is 3.26. The lowest BCUT2D eigenvalue weighted by atomic mass is 10.0. The predicted molar refractivity (Wildman–Crippen MR) is 68.7 cm³/mol. The van der Waals surface area contributed by atoms with Gasteiger partial charge in [0, 0.05) is 12.0 Å². The molecular formula is C14H15N2O4-. The van der Waals surface area contributed by atoms with Crippen molar-refractivity contribution in [3.63, 3.8) is 0 Å². The van der Waals surface area contributed by atoms with Gasteiger partial charge in [-0.05, 0) is 24.9 Å². The summed E-state index contributed by atoms with van der Waals surface area (Å²) in [6.07, 6.45) is 1.26. The van der Waals surface area contributed by atoms with E-state index >= 15 is 0 Å². The van der Waals surface area contributed by atoms with Crippen LogP contribution in [0.4, 0.5) is 0 Å². The fourth-order valence-corrected chi connectivity index (χ4v) is 2.21. The number of carbonyl (C=O) groups is 3. The van der Waals surface area contributed by atoms with Crippen LogP contribution in [-0.2, 0) is 16.0 Å². The summed E-state index contributed by atoms with van der Waals surface area (Å²) < 4.78 is 0. The summed E-state index contributed by atoms with van der Waals surface area (Å²) in [5, 5.41) is 16.2. The number of nitrogens with one attached hydrogen (secondary N) is 2. The Balaban J connectivity index is 1.89. The molecule has 0 bridgehead atoms. The predicted octanol–water partition coefficient (Wildman–Crippen LogP) is -1.01. The number of carboxylic acids is 1. The van der Waals surface area contributed by atoms with E-state index in [2.05, 4.69) is 10.6 Å². The number of imide groups is 1. The Kier molecular flexibility index (Phi) is 4.47. The van der Waals surface area contributed by atoms with Crippen molar-refractivity contribution >= 4 is 17.8 Å². The van der Waals surface area contributed by atoms with E-state index in [0.717, 1.165) is 0 Å². The van der Waals surface area contributed by atoms with Crippen molar-refractivity contribution in [2.75, 3.05) is 6.54 Å². The summed E-state index contributed by atoms with van der Waals surface area (Å²) in [4.78, 5) is 33.5. The molecule has 1 aromatic carbocycles. The van der Waals surface area contributed by atoms with Gasteiger partial charge in [-0.15, -0.1) is 0 Å². The monoisotopic (exact) mass is 275 g/mol. The number of rotatable bonds is 5. The fourth-order valence-electron chi connectivity index (χ4n) is 2.21. The number of hydrogen-bond acceptors (Lipinski definition) is 5. The van der Waals surface area contributed by atoms with Gasteiger partial charge < -0.3 is 15.2 Å². The highest BCUT2D eigenvalue weighted by Crippen LogP contribution is 2.09. The van der Waals surface area contributed by atoms with Gasteiger partial charge >= 0.3 is 0 Å². The second-order valence-electron chi connectivity index (χ2n) is 4.65. The van der Waals surface area contributed by atoms with Crippen molar-refractivity contribution in [2.24, 2.45) is 0 Å². The molecule has 6 heteroatoms. The molecule has 1 aliphatic rings. The van der Waals surface area contributed by atoms with E-state index in [1.165, 1.54) is 6.07 Å². The quantitative estimate of drug-likeness (QED) is 0.671. The van der Waals surface area contributed by atoms with E-state index in [9.17, 15) is 19.5 Å². The Morgan fingerprint density at radius 1 is 1.35 bits per heavy atom. The summed E-state index contributed by atoms with van der Waals surface area (Å²) in [6.45, 7) is 0.455. The molecule has 1 aromatic rings. The SMILES string of the molecule is O=C1CCC(NCCc2ccccc2C(=O)[O-])C(=O)N1. The third kappa shape index (κ3) is 3.42. The van der Waals surface area contributed by atoms with Crippen LogP contribution in [0.25, 0.3) is 0 Å². The van der Waals surface area contributed by atoms with E-state index < -0.39 is 12.0 Å². The Morgan fingerprint density at radius 2 is 2.10 bits per heavy atom. The van der Waals surface area contributed by atoms with Crippen LogP contribution in [0.1, 0.15) is 28.8 Å². The van der Waals surface area contributed by atoms with Crippen LogP contribution in [0.3, 0.4) is 0 Å². The molecule has 1 fully saturated rings. The lowest BCUT2D eigenvalue weighted by Crippen LogP contribution is -2.51. The first kappa shape index (κ1) is 14.2. The second kappa shape index (κ2) is 6.29. The molecule has 1 heterocycles. The first-order valence-electron chi connectivity index (χ1n) is 6.44. The van der Waals surface area contributed by atoms with Crippen LogP contribution >= 0.6 is 0 Å². The Labute approximate surface area is 116 Å². The van der Waals surface area contributed by atoms with Gasteiger partial charge in [0.15, 0.2) is 0 Å². The van der Waals surface area contributed by atoms with Crippen molar-refractivity contribution in [3.8, 4) is 0 Å². The number of aromatic carboxylic acids is 1. The zero-order valence-electron chi connectivity index (χ0n) is 10.8. The largest absolute Gasteiger partial charge is 0.545 e. The minimum atomic E-state index is -1.21. The third-order valence-corrected chi connectivity index (χ3v) is 3.26. The molecule has 2 rings (SSSR count). The molecule has 2 N–H and O–H groups in total. The van der Waals surface area contributed by atoms with Crippen LogP contribution in [0.2, 0.25) is 0 Å². The van der Waals surface area contributed by atoms with Gasteiger partial charge in [-0.25, -0.2) is 0 Å². The molecule has 0 spiro atoms. The van der Waals surface area contributed by atoms with Crippen molar-refractivity contribution in [1.29, 1.82) is 0 Å². The Hall–Kier alpha value is -2.21. The first-order chi connectivity index (χ1) is 9.58. The van der Waals surface area contributed by atoms with Crippen molar-refractivity contribution in [1.82, 2.24) is 10.6 Å². The molecular weight excluding hydrogens is 260 g/mol. The number of carbonyl (C=O) groups excluding carboxylic acids is 3. The summed E-state index contributed by atoms with van der Waals surface area (Å²) in [5.41, 5.74) is 0.824. The van der Waals surface area contributed by atoms with E-state index in [1.54, 1.807) is 18.2 Å². The van der Waals surface area contributed by atoms with Gasteiger partial charge in [0.25, 0.3) is 0 Å². The molecule has 1 atom stereocenters. The summed E-state index contributed by atoms with van der Waals surface area (Å²) in [6, 6.07) is 6.21. The molecule has 0 aliphatic carbocycles. The van der Waals surface area contributed by atoms with E-state index in [1.807, 2.05) is 0 Å². The van der Waals surface area contributed by atoms with Crippen LogP contribution in [0, 0.1) is 0 Å². The maximum absolute atomic E-state index is 11.5. The van der Waals surface area contributed by atoms with Crippen LogP contribution in [0.5, 0.6) is 0 Å².